The van der Waals surface area contributed by atoms with Gasteiger partial charge in [0.05, 0.1) is 0 Å². The van der Waals surface area contributed by atoms with Gasteiger partial charge in [0.2, 0.25) is 0 Å². The van der Waals surface area contributed by atoms with Crippen molar-refractivity contribution in [1.82, 2.24) is 5.32 Å². The van der Waals surface area contributed by atoms with Crippen LogP contribution in [0.3, 0.4) is 0 Å². The number of halogens is 1. The smallest absolute Gasteiger partial charge is 0.115 e. The molecule has 0 radical (unpaired) electrons. The minimum absolute atomic E-state index is 0.212. The summed E-state index contributed by atoms with van der Waals surface area (Å²) in [6.07, 6.45) is 3.56. The minimum atomic E-state index is -0.552. The Labute approximate surface area is 54.6 Å². The lowest BCUT2D eigenvalue weighted by molar-refractivity contribution is 0.208. The molecule has 2 bridgehead atoms. The van der Waals surface area contributed by atoms with E-state index in [0.29, 0.717) is 6.04 Å². The van der Waals surface area contributed by atoms with Gasteiger partial charge in [-0.05, 0) is 25.7 Å². The Hall–Kier alpha value is -0.110. The molecule has 0 spiro atoms. The average molecular weight is 129 g/mol. The molecule has 1 N–H and O–H groups in total. The molecule has 2 saturated heterocycles. The zero-order chi connectivity index (χ0) is 6.27. The molecule has 0 aromatic rings. The SMILES string of the molecule is F[C@@H]1CC[C@H]2CC[C@H]1N2. The third kappa shape index (κ3) is 0.855. The maximum atomic E-state index is 12.8. The lowest BCUT2D eigenvalue weighted by atomic mass is 10.0. The molecule has 2 aliphatic heterocycles. The highest BCUT2D eigenvalue weighted by atomic mass is 19.1. The van der Waals surface area contributed by atoms with Crippen LogP contribution in [-0.4, -0.2) is 18.3 Å². The molecule has 0 aromatic carbocycles. The molecule has 1 nitrogen and oxygen atoms in total. The van der Waals surface area contributed by atoms with Crippen molar-refractivity contribution in [3.05, 3.63) is 0 Å². The molecular formula is C7H12FN. The monoisotopic (exact) mass is 129 g/mol. The molecule has 2 fully saturated rings. The van der Waals surface area contributed by atoms with Gasteiger partial charge < -0.3 is 5.32 Å². The summed E-state index contributed by atoms with van der Waals surface area (Å²) in [7, 11) is 0. The van der Waals surface area contributed by atoms with Crippen LogP contribution in [0.4, 0.5) is 4.39 Å². The highest BCUT2D eigenvalue weighted by molar-refractivity contribution is 4.93. The van der Waals surface area contributed by atoms with Crippen LogP contribution in [0.15, 0.2) is 0 Å². The maximum Gasteiger partial charge on any atom is 0.115 e. The van der Waals surface area contributed by atoms with Crippen LogP contribution in [0.1, 0.15) is 25.7 Å². The number of fused-ring (bicyclic) bond motifs is 2. The first-order valence-electron chi connectivity index (χ1n) is 3.76. The second-order valence-corrected chi connectivity index (χ2v) is 3.14. The van der Waals surface area contributed by atoms with Gasteiger partial charge in [-0.3, -0.25) is 0 Å². The molecule has 2 heterocycles. The molecule has 0 amide bonds. The third-order valence-corrected chi connectivity index (χ3v) is 2.50. The van der Waals surface area contributed by atoms with Crippen molar-refractivity contribution in [2.24, 2.45) is 0 Å². The van der Waals surface area contributed by atoms with Crippen molar-refractivity contribution in [3.63, 3.8) is 0 Å². The van der Waals surface area contributed by atoms with Crippen LogP contribution in [0.5, 0.6) is 0 Å². The van der Waals surface area contributed by atoms with Crippen LogP contribution < -0.4 is 5.32 Å². The first-order chi connectivity index (χ1) is 4.36. The van der Waals surface area contributed by atoms with Gasteiger partial charge >= 0.3 is 0 Å². The van der Waals surface area contributed by atoms with E-state index in [1.165, 1.54) is 6.42 Å². The number of hydrogen-bond acceptors (Lipinski definition) is 1. The first-order valence-corrected chi connectivity index (χ1v) is 3.76. The molecule has 2 aliphatic rings. The van der Waals surface area contributed by atoms with Gasteiger partial charge in [0.25, 0.3) is 0 Å². The molecule has 0 saturated carbocycles. The van der Waals surface area contributed by atoms with E-state index in [4.69, 9.17) is 0 Å². The Morgan fingerprint density at radius 2 is 1.89 bits per heavy atom. The minimum Gasteiger partial charge on any atom is -0.308 e. The summed E-state index contributed by atoms with van der Waals surface area (Å²) in [5.41, 5.74) is 0. The fourth-order valence-electron chi connectivity index (χ4n) is 1.92. The molecule has 0 unspecified atom stereocenters. The van der Waals surface area contributed by atoms with Crippen LogP contribution >= 0.6 is 0 Å². The van der Waals surface area contributed by atoms with Gasteiger partial charge in [-0.1, -0.05) is 0 Å². The molecule has 9 heavy (non-hydrogen) atoms. The lowest BCUT2D eigenvalue weighted by Crippen LogP contribution is -2.41. The largest absolute Gasteiger partial charge is 0.308 e. The highest BCUT2D eigenvalue weighted by Gasteiger charge is 2.34. The summed E-state index contributed by atoms with van der Waals surface area (Å²) in [4.78, 5) is 0. The second-order valence-electron chi connectivity index (χ2n) is 3.14. The van der Waals surface area contributed by atoms with Gasteiger partial charge in [0.15, 0.2) is 0 Å². The summed E-state index contributed by atoms with van der Waals surface area (Å²) in [5, 5.41) is 3.27. The van der Waals surface area contributed by atoms with Crippen molar-refractivity contribution in [2.75, 3.05) is 0 Å². The molecule has 2 heteroatoms. The molecule has 2 rings (SSSR count). The van der Waals surface area contributed by atoms with Crippen molar-refractivity contribution in [2.45, 2.75) is 43.9 Å². The van der Waals surface area contributed by atoms with Crippen LogP contribution in [0.2, 0.25) is 0 Å². The number of nitrogens with one attached hydrogen (secondary N) is 1. The Morgan fingerprint density at radius 1 is 1.11 bits per heavy atom. The van der Waals surface area contributed by atoms with E-state index >= 15 is 0 Å². The van der Waals surface area contributed by atoms with Gasteiger partial charge in [0.1, 0.15) is 6.17 Å². The Bertz CT molecular complexity index is 115. The van der Waals surface area contributed by atoms with Gasteiger partial charge in [-0.15, -0.1) is 0 Å². The second kappa shape index (κ2) is 1.94. The van der Waals surface area contributed by atoms with Crippen molar-refractivity contribution >= 4 is 0 Å². The fraction of sp³-hybridized carbons (Fsp3) is 1.00. The van der Waals surface area contributed by atoms with Gasteiger partial charge in [-0.2, -0.15) is 0 Å². The van der Waals surface area contributed by atoms with E-state index in [1.807, 2.05) is 0 Å². The molecule has 0 aromatic heterocycles. The summed E-state index contributed by atoms with van der Waals surface area (Å²) in [5.74, 6) is 0. The van der Waals surface area contributed by atoms with Crippen LogP contribution in [0.25, 0.3) is 0 Å². The number of piperidine rings is 1. The summed E-state index contributed by atoms with van der Waals surface area (Å²) < 4.78 is 12.8. The summed E-state index contributed by atoms with van der Waals surface area (Å²) >= 11 is 0. The third-order valence-electron chi connectivity index (χ3n) is 2.50. The zero-order valence-corrected chi connectivity index (χ0v) is 5.44. The van der Waals surface area contributed by atoms with Gasteiger partial charge in [-0.25, -0.2) is 4.39 Å². The normalized spacial score (nSPS) is 49.7. The number of hydrogen-bond donors (Lipinski definition) is 1. The zero-order valence-electron chi connectivity index (χ0n) is 5.44. The van der Waals surface area contributed by atoms with E-state index in [-0.39, 0.29) is 6.04 Å². The summed E-state index contributed by atoms with van der Waals surface area (Å²) in [6.45, 7) is 0. The van der Waals surface area contributed by atoms with Crippen LogP contribution in [-0.2, 0) is 0 Å². The van der Waals surface area contributed by atoms with Crippen molar-refractivity contribution in [3.8, 4) is 0 Å². The van der Waals surface area contributed by atoms with Crippen molar-refractivity contribution < 1.29 is 4.39 Å². The Kier molecular flexibility index (Phi) is 1.22. The fourth-order valence-corrected chi connectivity index (χ4v) is 1.92. The van der Waals surface area contributed by atoms with E-state index < -0.39 is 6.17 Å². The van der Waals surface area contributed by atoms with Crippen LogP contribution in [0, 0.1) is 0 Å². The maximum absolute atomic E-state index is 12.8. The number of rotatable bonds is 0. The summed E-state index contributed by atoms with van der Waals surface area (Å²) in [6, 6.07) is 0.866. The number of alkyl halides is 1. The quantitative estimate of drug-likeness (QED) is 0.519. The lowest BCUT2D eigenvalue weighted by Gasteiger charge is -2.23. The topological polar surface area (TPSA) is 12.0 Å². The van der Waals surface area contributed by atoms with E-state index in [9.17, 15) is 4.39 Å². The van der Waals surface area contributed by atoms with E-state index in [2.05, 4.69) is 5.32 Å². The standard InChI is InChI=1S/C7H12FN/c8-6-3-1-5-2-4-7(6)9-5/h5-7,9H,1-4H2/t5-,6+,7+/m0/s1. The Morgan fingerprint density at radius 3 is 2.67 bits per heavy atom. The van der Waals surface area contributed by atoms with E-state index in [0.717, 1.165) is 19.3 Å². The molecular weight excluding hydrogens is 117 g/mol. The Balaban J connectivity index is 2.05. The van der Waals surface area contributed by atoms with Gasteiger partial charge in [0, 0.05) is 12.1 Å². The predicted octanol–water partition coefficient (Wildman–Crippen LogP) is 1.24. The van der Waals surface area contributed by atoms with Crippen molar-refractivity contribution in [1.29, 1.82) is 0 Å². The molecule has 0 aliphatic carbocycles. The van der Waals surface area contributed by atoms with E-state index in [1.54, 1.807) is 0 Å². The first kappa shape index (κ1) is 5.66. The highest BCUT2D eigenvalue weighted by Crippen LogP contribution is 2.28. The average Bonchev–Trinajstić information content (AvgIpc) is 2.25. The molecule has 3 atom stereocenters. The predicted molar refractivity (Wildman–Crippen MR) is 34.1 cm³/mol. The molecule has 52 valence electrons.